The van der Waals surface area contributed by atoms with Gasteiger partial charge in [0.15, 0.2) is 0 Å². The smallest absolute Gasteiger partial charge is 0.413 e. The van der Waals surface area contributed by atoms with E-state index in [4.69, 9.17) is 4.65 Å². The second kappa shape index (κ2) is 4.39. The predicted molar refractivity (Wildman–Crippen MR) is 62.0 cm³/mol. The van der Waals surface area contributed by atoms with Crippen molar-refractivity contribution in [2.24, 2.45) is 0 Å². The highest BCUT2D eigenvalue weighted by Crippen LogP contribution is 2.25. The Morgan fingerprint density at radius 3 is 2.82 bits per heavy atom. The molecule has 1 aliphatic carbocycles. The molecule has 1 saturated carbocycles. The van der Waals surface area contributed by atoms with E-state index in [1.807, 2.05) is 0 Å². The van der Waals surface area contributed by atoms with E-state index in [1.165, 1.54) is 25.0 Å². The summed E-state index contributed by atoms with van der Waals surface area (Å²) in [5, 5.41) is 3.28. The Balaban J connectivity index is 1.81. The minimum atomic E-state index is -0.554. The van der Waals surface area contributed by atoms with Crippen molar-refractivity contribution < 1.29 is 13.4 Å². The number of rotatable bonds is 1. The number of benzene rings is 1. The lowest BCUT2D eigenvalue weighted by Gasteiger charge is -2.23. The maximum Gasteiger partial charge on any atom is 0.419 e. The van der Waals surface area contributed by atoms with Gasteiger partial charge in [0.2, 0.25) is 0 Å². The van der Waals surface area contributed by atoms with E-state index in [1.54, 1.807) is 0 Å². The largest absolute Gasteiger partial charge is 0.419 e. The molecule has 1 aromatic carbocycles. The van der Waals surface area contributed by atoms with Crippen LogP contribution in [0.3, 0.4) is 0 Å². The number of fused-ring (bicyclic) bond motifs is 1. The van der Waals surface area contributed by atoms with Gasteiger partial charge >= 0.3 is 7.05 Å². The van der Waals surface area contributed by atoms with Crippen LogP contribution in [0, 0.1) is 11.6 Å². The van der Waals surface area contributed by atoms with Gasteiger partial charge in [0.05, 0.1) is 6.10 Å². The molecular weight excluding hydrogens is 223 g/mol. The molecular formula is C12H14BF2NO. The van der Waals surface area contributed by atoms with E-state index >= 15 is 0 Å². The Kier molecular flexibility index (Phi) is 2.88. The minimum Gasteiger partial charge on any atom is -0.413 e. The summed E-state index contributed by atoms with van der Waals surface area (Å²) in [6, 6.07) is 3.95. The van der Waals surface area contributed by atoms with Gasteiger partial charge in [-0.1, -0.05) is 18.9 Å². The van der Waals surface area contributed by atoms with Crippen LogP contribution >= 0.6 is 0 Å². The molecule has 2 nitrogen and oxygen atoms in total. The van der Waals surface area contributed by atoms with E-state index < -0.39 is 18.7 Å². The molecule has 2 aliphatic rings. The first-order chi connectivity index (χ1) is 8.24. The summed E-state index contributed by atoms with van der Waals surface area (Å²) in [4.78, 5) is 0. The van der Waals surface area contributed by atoms with Crippen LogP contribution in [0.1, 0.15) is 25.7 Å². The third-order valence-electron chi connectivity index (χ3n) is 3.62. The maximum atomic E-state index is 13.6. The van der Waals surface area contributed by atoms with E-state index in [0.717, 1.165) is 18.9 Å². The number of nitrogens with one attached hydrogen (secondary N) is 1. The lowest BCUT2D eigenvalue weighted by molar-refractivity contribution is 0.168. The average molecular weight is 237 g/mol. The molecule has 0 aromatic heterocycles. The standard InChI is InChI=1S/C12H14BF2NO/c14-8-5-6-9(10(15)7-8)13-16-11-3-1-2-4-12(11)17-13/h5-7,11-12,16H,1-4H2/t11?,12-/m1/s1. The zero-order valence-corrected chi connectivity index (χ0v) is 9.46. The Morgan fingerprint density at radius 1 is 1.24 bits per heavy atom. The molecule has 0 radical (unpaired) electrons. The van der Waals surface area contributed by atoms with Crippen LogP contribution in [-0.4, -0.2) is 19.2 Å². The van der Waals surface area contributed by atoms with Crippen molar-refractivity contribution in [2.75, 3.05) is 0 Å². The number of hydrogen-bond donors (Lipinski definition) is 1. The van der Waals surface area contributed by atoms with E-state index in [9.17, 15) is 8.78 Å². The fourth-order valence-corrected chi connectivity index (χ4v) is 2.74. The quantitative estimate of drug-likeness (QED) is 0.749. The van der Waals surface area contributed by atoms with Gasteiger partial charge in [-0.2, -0.15) is 0 Å². The first kappa shape index (κ1) is 11.2. The third kappa shape index (κ3) is 2.09. The van der Waals surface area contributed by atoms with Crippen molar-refractivity contribution >= 4 is 12.5 Å². The summed E-state index contributed by atoms with van der Waals surface area (Å²) < 4.78 is 32.2. The first-order valence-corrected chi connectivity index (χ1v) is 6.10. The number of halogens is 2. The van der Waals surface area contributed by atoms with Crippen molar-refractivity contribution in [1.82, 2.24) is 5.23 Å². The normalized spacial score (nSPS) is 28.2. The monoisotopic (exact) mass is 237 g/mol. The van der Waals surface area contributed by atoms with E-state index in [0.29, 0.717) is 11.5 Å². The van der Waals surface area contributed by atoms with Crippen LogP contribution in [0.4, 0.5) is 8.78 Å². The van der Waals surface area contributed by atoms with Crippen LogP contribution < -0.4 is 10.7 Å². The molecule has 1 heterocycles. The van der Waals surface area contributed by atoms with Crippen molar-refractivity contribution in [2.45, 2.75) is 37.8 Å². The SMILES string of the molecule is Fc1ccc(B2NC3CCCC[C@H]3O2)c(F)c1. The lowest BCUT2D eigenvalue weighted by atomic mass is 9.73. The molecule has 3 rings (SSSR count). The van der Waals surface area contributed by atoms with E-state index in [-0.39, 0.29) is 6.10 Å². The maximum absolute atomic E-state index is 13.6. The summed E-state index contributed by atoms with van der Waals surface area (Å²) in [7, 11) is -0.427. The summed E-state index contributed by atoms with van der Waals surface area (Å²) in [6.07, 6.45) is 4.64. The van der Waals surface area contributed by atoms with Gasteiger partial charge in [-0.05, 0) is 18.9 Å². The molecule has 1 aromatic rings. The summed E-state index contributed by atoms with van der Waals surface area (Å²) in [5.74, 6) is -1.09. The minimum absolute atomic E-state index is 0.179. The van der Waals surface area contributed by atoms with Gasteiger partial charge in [-0.15, -0.1) is 0 Å². The Morgan fingerprint density at radius 2 is 2.06 bits per heavy atom. The highest BCUT2D eigenvalue weighted by Gasteiger charge is 2.40. The molecule has 2 atom stereocenters. The molecule has 1 saturated heterocycles. The van der Waals surface area contributed by atoms with Crippen LogP contribution in [0.15, 0.2) is 18.2 Å². The molecule has 1 N–H and O–H groups in total. The molecule has 1 aliphatic heterocycles. The highest BCUT2D eigenvalue weighted by atomic mass is 19.1. The first-order valence-electron chi connectivity index (χ1n) is 6.10. The molecule has 0 bridgehead atoms. The molecule has 0 spiro atoms. The summed E-state index contributed by atoms with van der Waals surface area (Å²) in [6.45, 7) is 0. The zero-order chi connectivity index (χ0) is 11.8. The molecule has 2 fully saturated rings. The van der Waals surface area contributed by atoms with Gasteiger partial charge in [0.25, 0.3) is 0 Å². The van der Waals surface area contributed by atoms with E-state index in [2.05, 4.69) is 5.23 Å². The second-order valence-electron chi connectivity index (χ2n) is 4.78. The fraction of sp³-hybridized carbons (Fsp3) is 0.500. The molecule has 17 heavy (non-hydrogen) atoms. The molecule has 90 valence electrons. The van der Waals surface area contributed by atoms with Crippen molar-refractivity contribution in [1.29, 1.82) is 0 Å². The Hall–Kier alpha value is -0.935. The van der Waals surface area contributed by atoms with Crippen molar-refractivity contribution in [3.63, 3.8) is 0 Å². The Bertz CT molecular complexity index is 415. The third-order valence-corrected chi connectivity index (χ3v) is 3.62. The van der Waals surface area contributed by atoms with Crippen LogP contribution in [0.25, 0.3) is 0 Å². The van der Waals surface area contributed by atoms with Crippen LogP contribution in [0.5, 0.6) is 0 Å². The summed E-state index contributed by atoms with van der Waals surface area (Å²) in [5.41, 5.74) is 0.404. The number of hydrogen-bond acceptors (Lipinski definition) is 2. The van der Waals surface area contributed by atoms with Gasteiger partial charge in [0, 0.05) is 17.6 Å². The van der Waals surface area contributed by atoms with Crippen LogP contribution in [-0.2, 0) is 4.65 Å². The van der Waals surface area contributed by atoms with Gasteiger partial charge in [0.1, 0.15) is 11.6 Å². The Labute approximate surface area is 99.5 Å². The molecule has 0 amide bonds. The van der Waals surface area contributed by atoms with Gasteiger partial charge in [-0.3, -0.25) is 0 Å². The molecule has 5 heteroatoms. The fourth-order valence-electron chi connectivity index (χ4n) is 2.74. The molecule has 1 unspecified atom stereocenters. The van der Waals surface area contributed by atoms with Crippen LogP contribution in [0.2, 0.25) is 0 Å². The second-order valence-corrected chi connectivity index (χ2v) is 4.78. The highest BCUT2D eigenvalue weighted by molar-refractivity contribution is 6.65. The average Bonchev–Trinajstić information content (AvgIpc) is 2.72. The van der Waals surface area contributed by atoms with Gasteiger partial charge in [-0.25, -0.2) is 8.78 Å². The van der Waals surface area contributed by atoms with Gasteiger partial charge < -0.3 is 9.88 Å². The van der Waals surface area contributed by atoms with Crippen molar-refractivity contribution in [3.8, 4) is 0 Å². The predicted octanol–water partition coefficient (Wildman–Crippen LogP) is 1.59. The lowest BCUT2D eigenvalue weighted by Crippen LogP contribution is -2.46. The topological polar surface area (TPSA) is 21.3 Å². The van der Waals surface area contributed by atoms with Crippen molar-refractivity contribution in [3.05, 3.63) is 29.8 Å². The zero-order valence-electron chi connectivity index (χ0n) is 9.46. The summed E-state index contributed by atoms with van der Waals surface area (Å²) >= 11 is 0.